The van der Waals surface area contributed by atoms with Crippen molar-refractivity contribution in [2.24, 2.45) is 0 Å². The summed E-state index contributed by atoms with van der Waals surface area (Å²) in [6, 6.07) is 9.77. The van der Waals surface area contributed by atoms with Crippen molar-refractivity contribution < 1.29 is 19.1 Å². The van der Waals surface area contributed by atoms with Gasteiger partial charge in [-0.1, -0.05) is 0 Å². The van der Waals surface area contributed by atoms with Crippen LogP contribution in [0, 0.1) is 10.1 Å². The summed E-state index contributed by atoms with van der Waals surface area (Å²) in [6.45, 7) is 0. The maximum absolute atomic E-state index is 11.5. The molecule has 0 saturated carbocycles. The third-order valence-corrected chi connectivity index (χ3v) is 3.06. The molecular weight excluding hydrogens is 328 g/mol. The van der Waals surface area contributed by atoms with Gasteiger partial charge in [-0.25, -0.2) is 0 Å². The highest BCUT2D eigenvalue weighted by Crippen LogP contribution is 2.37. The smallest absolute Gasteiger partial charge is 0.393 e. The predicted octanol–water partition coefficient (Wildman–Crippen LogP) is 3.37. The van der Waals surface area contributed by atoms with Crippen molar-refractivity contribution >= 4 is 5.69 Å². The fourth-order valence-corrected chi connectivity index (χ4v) is 1.93. The summed E-state index contributed by atoms with van der Waals surface area (Å²) in [4.78, 5) is 22.3. The minimum Gasteiger partial charge on any atom is -0.497 e. The molecule has 0 spiro atoms. The van der Waals surface area contributed by atoms with Crippen molar-refractivity contribution in [3.8, 4) is 29.0 Å². The van der Waals surface area contributed by atoms with Crippen LogP contribution in [0.1, 0.15) is 0 Å². The standard InChI is InChI=1S/C16H12N4O5/c1-23-11-4-6-12(7-5-11)24-15-14(20(21)22)16(19-10-18-15)25-13-3-2-8-17-9-13/h2-10H,1H3. The van der Waals surface area contributed by atoms with E-state index < -0.39 is 10.6 Å². The minimum atomic E-state index is -0.662. The first-order chi connectivity index (χ1) is 12.2. The number of nitro groups is 1. The average Bonchev–Trinajstić information content (AvgIpc) is 2.63. The van der Waals surface area contributed by atoms with Crippen LogP contribution in [-0.2, 0) is 0 Å². The molecule has 0 saturated heterocycles. The van der Waals surface area contributed by atoms with Crippen molar-refractivity contribution in [3.63, 3.8) is 0 Å². The largest absolute Gasteiger partial charge is 0.497 e. The molecule has 3 aromatic rings. The fourth-order valence-electron chi connectivity index (χ4n) is 1.93. The minimum absolute atomic E-state index is 0.232. The van der Waals surface area contributed by atoms with E-state index >= 15 is 0 Å². The normalized spacial score (nSPS) is 10.1. The van der Waals surface area contributed by atoms with Gasteiger partial charge in [0.1, 0.15) is 23.6 Å². The van der Waals surface area contributed by atoms with Crippen LogP contribution in [0.3, 0.4) is 0 Å². The lowest BCUT2D eigenvalue weighted by Gasteiger charge is -2.08. The lowest BCUT2D eigenvalue weighted by atomic mass is 10.3. The van der Waals surface area contributed by atoms with Crippen LogP contribution < -0.4 is 14.2 Å². The van der Waals surface area contributed by atoms with E-state index in [0.717, 1.165) is 6.33 Å². The lowest BCUT2D eigenvalue weighted by molar-refractivity contribution is -0.387. The Morgan fingerprint density at radius 1 is 0.960 bits per heavy atom. The van der Waals surface area contributed by atoms with Crippen molar-refractivity contribution in [3.05, 3.63) is 65.2 Å². The topological polar surface area (TPSA) is 110 Å². The van der Waals surface area contributed by atoms with Gasteiger partial charge in [-0.3, -0.25) is 15.1 Å². The quantitative estimate of drug-likeness (QED) is 0.496. The third-order valence-electron chi connectivity index (χ3n) is 3.06. The van der Waals surface area contributed by atoms with Crippen molar-refractivity contribution in [2.45, 2.75) is 0 Å². The number of rotatable bonds is 6. The van der Waals surface area contributed by atoms with Gasteiger partial charge in [0, 0.05) is 6.20 Å². The number of methoxy groups -OCH3 is 1. The van der Waals surface area contributed by atoms with Crippen LogP contribution in [-0.4, -0.2) is 27.0 Å². The molecule has 0 bridgehead atoms. The molecule has 126 valence electrons. The summed E-state index contributed by atoms with van der Waals surface area (Å²) in [5.41, 5.74) is -0.484. The zero-order valence-corrected chi connectivity index (χ0v) is 13.0. The van der Waals surface area contributed by atoms with Gasteiger partial charge in [0.2, 0.25) is 0 Å². The fraction of sp³-hybridized carbons (Fsp3) is 0.0625. The second kappa shape index (κ2) is 7.21. The van der Waals surface area contributed by atoms with Crippen molar-refractivity contribution in [2.75, 3.05) is 7.11 Å². The summed E-state index contributed by atoms with van der Waals surface area (Å²) in [6.07, 6.45) is 4.09. The van der Waals surface area contributed by atoms with E-state index in [-0.39, 0.29) is 11.8 Å². The maximum atomic E-state index is 11.5. The molecule has 0 radical (unpaired) electrons. The van der Waals surface area contributed by atoms with E-state index in [9.17, 15) is 10.1 Å². The van der Waals surface area contributed by atoms with Gasteiger partial charge in [-0.15, -0.1) is 0 Å². The monoisotopic (exact) mass is 340 g/mol. The van der Waals surface area contributed by atoms with Gasteiger partial charge in [-0.2, -0.15) is 9.97 Å². The van der Waals surface area contributed by atoms with E-state index in [1.165, 1.54) is 13.3 Å². The van der Waals surface area contributed by atoms with Gasteiger partial charge < -0.3 is 14.2 Å². The first kappa shape index (κ1) is 16.1. The number of pyridine rings is 1. The number of aromatic nitrogens is 3. The molecule has 0 aliphatic heterocycles. The zero-order chi connectivity index (χ0) is 17.6. The molecule has 2 heterocycles. The Morgan fingerprint density at radius 2 is 1.60 bits per heavy atom. The van der Waals surface area contributed by atoms with E-state index in [1.54, 1.807) is 42.6 Å². The van der Waals surface area contributed by atoms with Crippen molar-refractivity contribution in [1.29, 1.82) is 0 Å². The molecular formula is C16H12N4O5. The Morgan fingerprint density at radius 3 is 2.16 bits per heavy atom. The number of hydrogen-bond acceptors (Lipinski definition) is 8. The van der Waals surface area contributed by atoms with Gasteiger partial charge in [0.15, 0.2) is 0 Å². The SMILES string of the molecule is COc1ccc(Oc2ncnc(Oc3cccnc3)c2[N+](=O)[O-])cc1. The number of nitrogens with zero attached hydrogens (tertiary/aromatic N) is 4. The second-order valence-electron chi connectivity index (χ2n) is 4.66. The van der Waals surface area contributed by atoms with Crippen LogP contribution in [0.5, 0.6) is 29.0 Å². The van der Waals surface area contributed by atoms with E-state index in [0.29, 0.717) is 17.2 Å². The van der Waals surface area contributed by atoms with E-state index in [4.69, 9.17) is 14.2 Å². The molecule has 0 aliphatic carbocycles. The molecule has 25 heavy (non-hydrogen) atoms. The van der Waals surface area contributed by atoms with Gasteiger partial charge in [0.25, 0.3) is 0 Å². The van der Waals surface area contributed by atoms with Crippen LogP contribution >= 0.6 is 0 Å². The van der Waals surface area contributed by atoms with Crippen LogP contribution in [0.25, 0.3) is 0 Å². The predicted molar refractivity (Wildman–Crippen MR) is 86.1 cm³/mol. The molecule has 0 N–H and O–H groups in total. The van der Waals surface area contributed by atoms with E-state index in [1.807, 2.05) is 0 Å². The first-order valence-electron chi connectivity index (χ1n) is 7.06. The number of hydrogen-bond donors (Lipinski definition) is 0. The van der Waals surface area contributed by atoms with Gasteiger partial charge in [0.05, 0.1) is 18.2 Å². The Balaban J connectivity index is 1.93. The summed E-state index contributed by atoms with van der Waals surface area (Å²) in [5, 5.41) is 11.5. The summed E-state index contributed by atoms with van der Waals surface area (Å²) >= 11 is 0. The molecule has 0 aliphatic rings. The average molecular weight is 340 g/mol. The molecule has 0 fully saturated rings. The molecule has 1 aromatic carbocycles. The Hall–Kier alpha value is -3.75. The van der Waals surface area contributed by atoms with Gasteiger partial charge >= 0.3 is 17.4 Å². The summed E-state index contributed by atoms with van der Waals surface area (Å²) in [7, 11) is 1.53. The third kappa shape index (κ3) is 3.78. The molecule has 3 rings (SSSR count). The highest BCUT2D eigenvalue weighted by molar-refractivity contribution is 5.52. The summed E-state index contributed by atoms with van der Waals surface area (Å²) in [5.74, 6) is 0.820. The second-order valence-corrected chi connectivity index (χ2v) is 4.66. The highest BCUT2D eigenvalue weighted by atomic mass is 16.6. The number of benzene rings is 1. The molecule has 2 aromatic heterocycles. The first-order valence-corrected chi connectivity index (χ1v) is 7.06. The Labute approximate surface area is 142 Å². The Bertz CT molecular complexity index is 871. The van der Waals surface area contributed by atoms with Crippen LogP contribution in [0.15, 0.2) is 55.1 Å². The lowest BCUT2D eigenvalue weighted by Crippen LogP contribution is -2.01. The molecule has 9 nitrogen and oxygen atoms in total. The molecule has 0 atom stereocenters. The molecule has 9 heteroatoms. The van der Waals surface area contributed by atoms with Crippen molar-refractivity contribution in [1.82, 2.24) is 15.0 Å². The maximum Gasteiger partial charge on any atom is 0.393 e. The number of ether oxygens (including phenoxy) is 3. The molecule has 0 unspecified atom stereocenters. The Kier molecular flexibility index (Phi) is 4.65. The zero-order valence-electron chi connectivity index (χ0n) is 13.0. The molecule has 0 amide bonds. The summed E-state index contributed by atoms with van der Waals surface area (Å²) < 4.78 is 16.0. The van der Waals surface area contributed by atoms with Gasteiger partial charge in [-0.05, 0) is 36.4 Å². The van der Waals surface area contributed by atoms with E-state index in [2.05, 4.69) is 15.0 Å². The highest BCUT2D eigenvalue weighted by Gasteiger charge is 2.27. The van der Waals surface area contributed by atoms with Crippen LogP contribution in [0.2, 0.25) is 0 Å². The van der Waals surface area contributed by atoms with Crippen LogP contribution in [0.4, 0.5) is 5.69 Å².